The Hall–Kier alpha value is -2.77. The van der Waals surface area contributed by atoms with E-state index in [9.17, 15) is 4.39 Å². The Bertz CT molecular complexity index is 1100. The highest BCUT2D eigenvalue weighted by molar-refractivity contribution is 7.80. The molecule has 1 aliphatic heterocycles. The van der Waals surface area contributed by atoms with Crippen LogP contribution in [0.15, 0.2) is 48.7 Å². The lowest BCUT2D eigenvalue weighted by Gasteiger charge is -2.28. The lowest BCUT2D eigenvalue weighted by Crippen LogP contribution is -2.29. The summed E-state index contributed by atoms with van der Waals surface area (Å²) in [5.41, 5.74) is 5.86. The van der Waals surface area contributed by atoms with Crippen LogP contribution in [0.25, 0.3) is 0 Å². The van der Waals surface area contributed by atoms with Gasteiger partial charge in [0, 0.05) is 36.9 Å². The molecule has 3 heterocycles. The molecule has 3 aromatic rings. The van der Waals surface area contributed by atoms with Gasteiger partial charge in [-0.05, 0) is 80.5 Å². The standard InChI is InChI=1S/C24H27FN4OS/c1-15-13-18(8-9-20(15)25)29-23(19-14-16(2)28(17(19)3)11-12-30-4)22(27-24(29)31)21-7-5-6-10-26-21/h5-10,13-14,22-23H,11-12H2,1-4H3,(H,27,31)/t22-,23+/m0/s1. The van der Waals surface area contributed by atoms with Gasteiger partial charge < -0.3 is 19.5 Å². The lowest BCUT2D eigenvalue weighted by atomic mass is 9.96. The molecule has 5 nitrogen and oxygen atoms in total. The minimum Gasteiger partial charge on any atom is -0.383 e. The number of methoxy groups -OCH3 is 1. The first-order valence-electron chi connectivity index (χ1n) is 10.3. The van der Waals surface area contributed by atoms with Crippen molar-refractivity contribution in [2.45, 2.75) is 39.4 Å². The Morgan fingerprint density at radius 2 is 1.97 bits per heavy atom. The number of anilines is 1. The van der Waals surface area contributed by atoms with Gasteiger partial charge in [0.05, 0.1) is 24.4 Å². The Morgan fingerprint density at radius 1 is 1.16 bits per heavy atom. The van der Waals surface area contributed by atoms with Crippen molar-refractivity contribution < 1.29 is 9.13 Å². The first-order chi connectivity index (χ1) is 14.9. The molecule has 1 saturated heterocycles. The molecule has 1 aromatic carbocycles. The number of benzene rings is 1. The summed E-state index contributed by atoms with van der Waals surface area (Å²) in [7, 11) is 1.71. The minimum atomic E-state index is -0.225. The Kier molecular flexibility index (Phi) is 6.07. The van der Waals surface area contributed by atoms with Gasteiger partial charge in [0.25, 0.3) is 0 Å². The monoisotopic (exact) mass is 438 g/mol. The highest BCUT2D eigenvalue weighted by Crippen LogP contribution is 2.43. The summed E-state index contributed by atoms with van der Waals surface area (Å²) >= 11 is 5.77. The summed E-state index contributed by atoms with van der Waals surface area (Å²) in [5.74, 6) is -0.225. The SMILES string of the molecule is COCCn1c(C)cc([C@@H]2[C@H](c3ccccn3)NC(=S)N2c2ccc(F)c(C)c2)c1C. The maximum atomic E-state index is 14.0. The summed E-state index contributed by atoms with van der Waals surface area (Å²) in [5, 5.41) is 4.07. The molecule has 2 atom stereocenters. The minimum absolute atomic E-state index is 0.116. The molecule has 1 fully saturated rings. The second kappa shape index (κ2) is 8.77. The number of aryl methyl sites for hydroxylation is 2. The first kappa shape index (κ1) is 21.5. The second-order valence-corrected chi connectivity index (χ2v) is 8.29. The molecule has 0 radical (unpaired) electrons. The average Bonchev–Trinajstić information content (AvgIpc) is 3.25. The van der Waals surface area contributed by atoms with Crippen LogP contribution in [0.3, 0.4) is 0 Å². The molecular weight excluding hydrogens is 411 g/mol. The number of nitrogens with one attached hydrogen (secondary N) is 1. The van der Waals surface area contributed by atoms with E-state index in [2.05, 4.69) is 39.7 Å². The third-order valence-corrected chi connectivity index (χ3v) is 6.28. The molecule has 0 amide bonds. The molecule has 0 unspecified atom stereocenters. The van der Waals surface area contributed by atoms with Gasteiger partial charge in [-0.15, -0.1) is 0 Å². The second-order valence-electron chi connectivity index (χ2n) is 7.90. The molecule has 7 heteroatoms. The molecule has 2 aromatic heterocycles. The van der Waals surface area contributed by atoms with E-state index >= 15 is 0 Å². The quantitative estimate of drug-likeness (QED) is 0.562. The predicted molar refractivity (Wildman–Crippen MR) is 125 cm³/mol. The predicted octanol–water partition coefficient (Wildman–Crippen LogP) is 4.77. The maximum absolute atomic E-state index is 14.0. The highest BCUT2D eigenvalue weighted by atomic mass is 32.1. The Morgan fingerprint density at radius 3 is 2.65 bits per heavy atom. The number of hydrogen-bond donors (Lipinski definition) is 1. The van der Waals surface area contributed by atoms with Crippen LogP contribution in [0.5, 0.6) is 0 Å². The maximum Gasteiger partial charge on any atom is 0.174 e. The van der Waals surface area contributed by atoms with Crippen LogP contribution in [0.4, 0.5) is 10.1 Å². The van der Waals surface area contributed by atoms with Gasteiger partial charge in [0.1, 0.15) is 5.82 Å². The van der Waals surface area contributed by atoms with Crippen LogP contribution in [0.2, 0.25) is 0 Å². The molecule has 1 aliphatic rings. The zero-order chi connectivity index (χ0) is 22.1. The van der Waals surface area contributed by atoms with Crippen molar-refractivity contribution in [1.29, 1.82) is 0 Å². The van der Waals surface area contributed by atoms with Gasteiger partial charge in [-0.3, -0.25) is 4.98 Å². The van der Waals surface area contributed by atoms with Gasteiger partial charge in [-0.2, -0.15) is 0 Å². The number of thiocarbonyl (C=S) groups is 1. The Labute approximate surface area is 187 Å². The molecule has 0 aliphatic carbocycles. The van der Waals surface area contributed by atoms with Crippen molar-refractivity contribution in [2.75, 3.05) is 18.6 Å². The molecule has 1 N–H and O–H groups in total. The van der Waals surface area contributed by atoms with Gasteiger partial charge in [-0.25, -0.2) is 4.39 Å². The zero-order valence-electron chi connectivity index (χ0n) is 18.2. The molecule has 4 rings (SSSR count). The van der Waals surface area contributed by atoms with Crippen molar-refractivity contribution in [3.63, 3.8) is 0 Å². The van der Waals surface area contributed by atoms with Crippen LogP contribution in [0.1, 0.15) is 40.3 Å². The van der Waals surface area contributed by atoms with E-state index in [-0.39, 0.29) is 17.9 Å². The fourth-order valence-corrected chi connectivity index (χ4v) is 4.73. The normalized spacial score (nSPS) is 18.5. The number of ether oxygens (including phenoxy) is 1. The van der Waals surface area contributed by atoms with Gasteiger partial charge in [-0.1, -0.05) is 6.07 Å². The van der Waals surface area contributed by atoms with Crippen molar-refractivity contribution in [2.24, 2.45) is 0 Å². The fourth-order valence-electron chi connectivity index (χ4n) is 4.38. The zero-order valence-corrected chi connectivity index (χ0v) is 19.0. The Balaban J connectivity index is 1.85. The third kappa shape index (κ3) is 3.95. The average molecular weight is 439 g/mol. The van der Waals surface area contributed by atoms with Crippen molar-refractivity contribution in [1.82, 2.24) is 14.9 Å². The molecular formula is C24H27FN4OS. The smallest absolute Gasteiger partial charge is 0.174 e. The van der Waals surface area contributed by atoms with Crippen LogP contribution in [-0.2, 0) is 11.3 Å². The van der Waals surface area contributed by atoms with Crippen LogP contribution in [-0.4, -0.2) is 28.4 Å². The number of pyridine rings is 1. The third-order valence-electron chi connectivity index (χ3n) is 5.97. The van der Waals surface area contributed by atoms with E-state index < -0.39 is 0 Å². The first-order valence-corrected chi connectivity index (χ1v) is 10.8. The fraction of sp³-hybridized carbons (Fsp3) is 0.333. The topological polar surface area (TPSA) is 42.3 Å². The van der Waals surface area contributed by atoms with E-state index in [1.807, 2.05) is 24.3 Å². The van der Waals surface area contributed by atoms with E-state index in [1.165, 1.54) is 11.6 Å². The van der Waals surface area contributed by atoms with Crippen LogP contribution < -0.4 is 10.2 Å². The van der Waals surface area contributed by atoms with E-state index in [1.54, 1.807) is 26.3 Å². The van der Waals surface area contributed by atoms with Gasteiger partial charge in [0.15, 0.2) is 5.11 Å². The van der Waals surface area contributed by atoms with Crippen LogP contribution in [0, 0.1) is 26.6 Å². The number of hydrogen-bond acceptors (Lipinski definition) is 3. The summed E-state index contributed by atoms with van der Waals surface area (Å²) in [6.45, 7) is 7.43. The lowest BCUT2D eigenvalue weighted by molar-refractivity contribution is 0.186. The highest BCUT2D eigenvalue weighted by Gasteiger charge is 2.42. The van der Waals surface area contributed by atoms with Crippen molar-refractivity contribution in [3.05, 3.63) is 82.7 Å². The number of rotatable bonds is 6. The largest absolute Gasteiger partial charge is 0.383 e. The molecule has 0 bridgehead atoms. The number of aromatic nitrogens is 2. The number of halogens is 1. The number of nitrogens with zero attached hydrogens (tertiary/aromatic N) is 3. The van der Waals surface area contributed by atoms with E-state index in [0.717, 1.165) is 29.3 Å². The molecule has 0 saturated carbocycles. The molecule has 31 heavy (non-hydrogen) atoms. The summed E-state index contributed by atoms with van der Waals surface area (Å²) in [6.07, 6.45) is 1.80. The molecule has 162 valence electrons. The summed E-state index contributed by atoms with van der Waals surface area (Å²) in [6, 6.07) is 13.0. The van der Waals surface area contributed by atoms with E-state index in [4.69, 9.17) is 17.0 Å². The molecule has 0 spiro atoms. The van der Waals surface area contributed by atoms with E-state index in [0.29, 0.717) is 17.3 Å². The van der Waals surface area contributed by atoms with Gasteiger partial charge in [0.2, 0.25) is 0 Å². The van der Waals surface area contributed by atoms with Crippen LogP contribution >= 0.6 is 12.2 Å². The van der Waals surface area contributed by atoms with Crippen molar-refractivity contribution in [3.8, 4) is 0 Å². The van der Waals surface area contributed by atoms with Gasteiger partial charge >= 0.3 is 0 Å². The van der Waals surface area contributed by atoms with Crippen molar-refractivity contribution >= 4 is 23.0 Å². The summed E-state index contributed by atoms with van der Waals surface area (Å²) in [4.78, 5) is 6.69. The summed E-state index contributed by atoms with van der Waals surface area (Å²) < 4.78 is 21.6.